The van der Waals surface area contributed by atoms with Gasteiger partial charge in [0.2, 0.25) is 9.84 Å². The number of hydrogen-bond donors (Lipinski definition) is 0. The quantitative estimate of drug-likeness (QED) is 0.597. The van der Waals surface area contributed by atoms with E-state index in [2.05, 4.69) is 15.9 Å². The fourth-order valence-electron chi connectivity index (χ4n) is 3.27. The first-order valence-electron chi connectivity index (χ1n) is 8.76. The number of benzene rings is 2. The van der Waals surface area contributed by atoms with Crippen LogP contribution in [0.2, 0.25) is 0 Å². The normalized spacial score (nSPS) is 15.2. The first-order valence-corrected chi connectivity index (χ1v) is 11.0. The molecule has 1 heterocycles. The summed E-state index contributed by atoms with van der Waals surface area (Å²) in [6, 6.07) is 10.5. The van der Waals surface area contributed by atoms with Crippen LogP contribution in [0.4, 0.5) is 18.9 Å². The molecule has 2 aromatic rings. The molecule has 0 aromatic heterocycles. The van der Waals surface area contributed by atoms with Gasteiger partial charge in [0.15, 0.2) is 6.29 Å². The first-order chi connectivity index (χ1) is 14.1. The van der Waals surface area contributed by atoms with Gasteiger partial charge in [-0.15, -0.1) is 0 Å². The van der Waals surface area contributed by atoms with E-state index in [1.54, 1.807) is 23.1 Å². The van der Waals surface area contributed by atoms with Crippen LogP contribution in [-0.4, -0.2) is 57.9 Å². The number of carbonyl (C=O) groups is 2. The second-order valence-corrected chi connectivity index (χ2v) is 9.26. The highest BCUT2D eigenvalue weighted by atomic mass is 79.9. The molecule has 0 unspecified atom stereocenters. The molecule has 160 valence electrons. The van der Waals surface area contributed by atoms with Gasteiger partial charge >= 0.3 is 12.1 Å². The predicted octanol–water partition coefficient (Wildman–Crippen LogP) is 3.31. The maximum atomic E-state index is 13.1. The highest BCUT2D eigenvalue weighted by Crippen LogP contribution is 2.33. The molecule has 3 rings (SSSR count). The van der Waals surface area contributed by atoms with Gasteiger partial charge in [0.05, 0.1) is 15.4 Å². The van der Waals surface area contributed by atoms with Gasteiger partial charge in [-0.1, -0.05) is 18.2 Å². The maximum absolute atomic E-state index is 13.1. The molecule has 0 bridgehead atoms. The van der Waals surface area contributed by atoms with E-state index in [1.165, 1.54) is 24.3 Å². The third-order valence-electron chi connectivity index (χ3n) is 4.73. The minimum absolute atomic E-state index is 0.00848. The molecule has 1 aliphatic rings. The van der Waals surface area contributed by atoms with E-state index < -0.39 is 21.9 Å². The zero-order valence-corrected chi connectivity index (χ0v) is 17.8. The minimum atomic E-state index is -4.95. The predicted molar refractivity (Wildman–Crippen MR) is 106 cm³/mol. The van der Waals surface area contributed by atoms with E-state index >= 15 is 0 Å². The topological polar surface area (TPSA) is 74.8 Å². The van der Waals surface area contributed by atoms with Crippen molar-refractivity contribution in [2.24, 2.45) is 0 Å². The Morgan fingerprint density at radius 3 is 2.13 bits per heavy atom. The summed E-state index contributed by atoms with van der Waals surface area (Å²) in [5, 5.41) is 0. The van der Waals surface area contributed by atoms with E-state index in [4.69, 9.17) is 0 Å². The Balaban J connectivity index is 1.94. The van der Waals surface area contributed by atoms with Crippen LogP contribution in [0.5, 0.6) is 0 Å². The lowest BCUT2D eigenvalue weighted by Crippen LogP contribution is -2.52. The molecule has 0 radical (unpaired) electrons. The Hall–Kier alpha value is -2.40. The van der Waals surface area contributed by atoms with Gasteiger partial charge in [-0.25, -0.2) is 8.42 Å². The van der Waals surface area contributed by atoms with Crippen molar-refractivity contribution in [2.45, 2.75) is 16.0 Å². The van der Waals surface area contributed by atoms with Crippen LogP contribution < -0.4 is 4.90 Å². The van der Waals surface area contributed by atoms with Crippen molar-refractivity contribution in [3.8, 4) is 0 Å². The van der Waals surface area contributed by atoms with E-state index in [9.17, 15) is 31.2 Å². The lowest BCUT2D eigenvalue weighted by Gasteiger charge is -2.37. The second-order valence-electron chi connectivity index (χ2n) is 6.52. The van der Waals surface area contributed by atoms with E-state index in [1.807, 2.05) is 0 Å². The number of carbonyl (C=O) groups excluding carboxylic acids is 2. The van der Waals surface area contributed by atoms with Crippen LogP contribution >= 0.6 is 15.9 Å². The number of amides is 1. The molecule has 0 spiro atoms. The zero-order valence-electron chi connectivity index (χ0n) is 15.4. The summed E-state index contributed by atoms with van der Waals surface area (Å²) < 4.78 is 64.5. The number of nitrogens with zero attached hydrogens (tertiary/aromatic N) is 2. The van der Waals surface area contributed by atoms with E-state index in [-0.39, 0.29) is 47.2 Å². The van der Waals surface area contributed by atoms with Gasteiger partial charge in [0.25, 0.3) is 0 Å². The molecule has 30 heavy (non-hydrogen) atoms. The molecule has 2 aromatic carbocycles. The number of hydrogen-bond acceptors (Lipinski definition) is 5. The number of piperazine rings is 1. The lowest BCUT2D eigenvalue weighted by atomic mass is 10.1. The van der Waals surface area contributed by atoms with Gasteiger partial charge in [0.1, 0.15) is 0 Å². The maximum Gasteiger partial charge on any atom is 0.471 e. The number of sulfone groups is 1. The summed E-state index contributed by atoms with van der Waals surface area (Å²) >= 11 is 3.20. The standard InChI is InChI=1S/C19H16BrF3N2O4S/c20-14-4-1-2-6-17(14)30(28,29)16-7-3-5-15(13(16)12-26)24-8-10-25(11-9-24)18(27)19(21,22)23/h1-7,12H,8-11H2. The van der Waals surface area contributed by atoms with Crippen LogP contribution in [0.1, 0.15) is 10.4 Å². The number of halogens is 4. The summed E-state index contributed by atoms with van der Waals surface area (Å²) in [5.74, 6) is -1.91. The van der Waals surface area contributed by atoms with E-state index in [0.717, 1.165) is 0 Å². The summed E-state index contributed by atoms with van der Waals surface area (Å²) in [6.45, 7) is -0.335. The molecule has 0 saturated carbocycles. The highest BCUT2D eigenvalue weighted by Gasteiger charge is 2.43. The fraction of sp³-hybridized carbons (Fsp3) is 0.263. The van der Waals surface area contributed by atoms with Crippen molar-refractivity contribution in [1.29, 1.82) is 0 Å². The van der Waals surface area contributed by atoms with Crippen molar-refractivity contribution in [3.05, 3.63) is 52.5 Å². The average molecular weight is 505 g/mol. The fourth-order valence-corrected chi connectivity index (χ4v) is 5.72. The van der Waals surface area contributed by atoms with Crippen molar-refractivity contribution in [1.82, 2.24) is 4.90 Å². The van der Waals surface area contributed by atoms with Gasteiger partial charge < -0.3 is 9.80 Å². The van der Waals surface area contributed by atoms with Crippen LogP contribution in [0.3, 0.4) is 0 Å². The van der Waals surface area contributed by atoms with Crippen LogP contribution in [0.25, 0.3) is 0 Å². The average Bonchev–Trinajstić information content (AvgIpc) is 2.72. The Morgan fingerprint density at radius 2 is 1.57 bits per heavy atom. The Bertz CT molecular complexity index is 1080. The number of rotatable bonds is 4. The van der Waals surface area contributed by atoms with Crippen LogP contribution in [0, 0.1) is 0 Å². The molecule has 0 N–H and O–H groups in total. The molecular formula is C19H16BrF3N2O4S. The summed E-state index contributed by atoms with van der Waals surface area (Å²) in [7, 11) is -4.04. The van der Waals surface area contributed by atoms with Crippen molar-refractivity contribution in [2.75, 3.05) is 31.1 Å². The van der Waals surface area contributed by atoms with Gasteiger partial charge in [-0.05, 0) is 40.2 Å². The third kappa shape index (κ3) is 4.22. The molecule has 1 saturated heterocycles. The van der Waals surface area contributed by atoms with Crippen LogP contribution in [0.15, 0.2) is 56.7 Å². The van der Waals surface area contributed by atoms with Crippen molar-refractivity contribution >= 4 is 43.6 Å². The number of anilines is 1. The summed E-state index contributed by atoms with van der Waals surface area (Å²) in [4.78, 5) is 25.3. The Labute approximate surface area is 179 Å². The van der Waals surface area contributed by atoms with Crippen LogP contribution in [-0.2, 0) is 14.6 Å². The second kappa shape index (κ2) is 8.38. The molecule has 1 amide bonds. The number of alkyl halides is 3. The van der Waals surface area contributed by atoms with E-state index in [0.29, 0.717) is 15.7 Å². The molecule has 1 fully saturated rings. The van der Waals surface area contributed by atoms with Gasteiger partial charge in [0, 0.05) is 36.3 Å². The third-order valence-corrected chi connectivity index (χ3v) is 7.55. The zero-order chi connectivity index (χ0) is 22.1. The Kier molecular flexibility index (Phi) is 6.23. The number of aldehydes is 1. The Morgan fingerprint density at radius 1 is 0.967 bits per heavy atom. The molecule has 0 atom stereocenters. The molecule has 6 nitrogen and oxygen atoms in total. The first kappa shape index (κ1) is 22.3. The van der Waals surface area contributed by atoms with Crippen molar-refractivity contribution in [3.63, 3.8) is 0 Å². The molecule has 11 heteroatoms. The largest absolute Gasteiger partial charge is 0.471 e. The molecular weight excluding hydrogens is 489 g/mol. The summed E-state index contributed by atoms with van der Waals surface area (Å²) in [6.07, 6.45) is -4.53. The van der Waals surface area contributed by atoms with Gasteiger partial charge in [-0.3, -0.25) is 9.59 Å². The van der Waals surface area contributed by atoms with Gasteiger partial charge in [-0.2, -0.15) is 13.2 Å². The lowest BCUT2D eigenvalue weighted by molar-refractivity contribution is -0.185. The minimum Gasteiger partial charge on any atom is -0.367 e. The highest BCUT2D eigenvalue weighted by molar-refractivity contribution is 9.10. The monoisotopic (exact) mass is 504 g/mol. The SMILES string of the molecule is O=Cc1c(N2CCN(C(=O)C(F)(F)F)CC2)cccc1S(=O)(=O)c1ccccc1Br. The molecule has 0 aliphatic carbocycles. The van der Waals surface area contributed by atoms with Crippen molar-refractivity contribution < 1.29 is 31.2 Å². The molecule has 1 aliphatic heterocycles. The smallest absolute Gasteiger partial charge is 0.367 e. The summed E-state index contributed by atoms with van der Waals surface area (Å²) in [5.41, 5.74) is 0.209.